The fourth-order valence-corrected chi connectivity index (χ4v) is 3.25. The first-order chi connectivity index (χ1) is 6.97. The van der Waals surface area contributed by atoms with Crippen LogP contribution in [-0.4, -0.2) is 26.5 Å². The number of hydrogen-bond acceptors (Lipinski definition) is 0. The number of terminal acetylenes is 1. The van der Waals surface area contributed by atoms with Gasteiger partial charge in [-0.2, -0.15) is 0 Å². The average molecular weight is 222 g/mol. The van der Waals surface area contributed by atoms with Crippen molar-refractivity contribution in [1.82, 2.24) is 0 Å². The van der Waals surface area contributed by atoms with E-state index in [1.807, 2.05) is 0 Å². The van der Waals surface area contributed by atoms with Gasteiger partial charge in [0.2, 0.25) is 0 Å². The molecule has 0 aliphatic rings. The van der Waals surface area contributed by atoms with Crippen molar-refractivity contribution in [2.45, 2.75) is 45.9 Å². The van der Waals surface area contributed by atoms with Crippen LogP contribution in [0.2, 0.25) is 5.82 Å². The third-order valence-corrected chi connectivity index (χ3v) is 6.00. The largest absolute Gasteiger partial charge is 0.116 e. The summed E-state index contributed by atoms with van der Waals surface area (Å²) in [5.74, 6) is 1.03. The van der Waals surface area contributed by atoms with Gasteiger partial charge in [-0.05, 0) is 31.5 Å². The molecule has 3 unspecified atom stereocenters. The second-order valence-electron chi connectivity index (χ2n) is 4.59. The minimum Gasteiger partial charge on any atom is -0.116 e. The Kier molecular flexibility index (Phi) is 7.20. The topological polar surface area (TPSA) is 0 Å². The molecule has 0 heterocycles. The van der Waals surface area contributed by atoms with Crippen LogP contribution in [0.5, 0.6) is 0 Å². The van der Waals surface area contributed by atoms with E-state index in [0.29, 0.717) is 5.82 Å². The smallest absolute Gasteiger partial charge is 0.0695 e. The highest BCUT2D eigenvalue weighted by molar-refractivity contribution is 7.78. The van der Waals surface area contributed by atoms with Crippen LogP contribution in [0.4, 0.5) is 0 Å². The lowest BCUT2D eigenvalue weighted by atomic mass is 9.80. The monoisotopic (exact) mass is 222 g/mol. The van der Waals surface area contributed by atoms with E-state index in [2.05, 4.69) is 32.7 Å². The molecule has 0 bridgehead atoms. The quantitative estimate of drug-likeness (QED) is 0.349. The molecule has 84 valence electrons. The maximum absolute atomic E-state index is 5.83. The Labute approximate surface area is 97.6 Å². The predicted molar refractivity (Wildman–Crippen MR) is 76.5 cm³/mol. The summed E-state index contributed by atoms with van der Waals surface area (Å²) in [5, 5.41) is 0. The number of hydrogen-bond donors (Lipinski definition) is 0. The summed E-state index contributed by atoms with van der Waals surface area (Å²) < 4.78 is 0. The molecule has 0 aromatic heterocycles. The molecule has 0 saturated carbocycles. The third-order valence-electron chi connectivity index (χ3n) is 3.13. The van der Waals surface area contributed by atoms with Crippen molar-refractivity contribution in [2.24, 2.45) is 5.92 Å². The van der Waals surface area contributed by atoms with E-state index in [0.717, 1.165) is 24.7 Å². The van der Waals surface area contributed by atoms with Gasteiger partial charge in [0.15, 0.2) is 0 Å². The molecule has 0 aromatic rings. The lowest BCUT2D eigenvalue weighted by Crippen LogP contribution is -2.05. The summed E-state index contributed by atoms with van der Waals surface area (Å²) in [5.41, 5.74) is 2.93. The van der Waals surface area contributed by atoms with Crippen LogP contribution in [-0.2, 0) is 0 Å². The van der Waals surface area contributed by atoms with E-state index < -0.39 is 6.89 Å². The lowest BCUT2D eigenvalue weighted by Gasteiger charge is -2.21. The molecule has 3 atom stereocenters. The Morgan fingerprint density at radius 1 is 1.47 bits per heavy atom. The summed E-state index contributed by atoms with van der Waals surface area (Å²) in [6.45, 7) is 5.17. The van der Waals surface area contributed by atoms with Gasteiger partial charge in [0, 0.05) is 0 Å². The molecule has 0 aromatic carbocycles. The van der Waals surface area contributed by atoms with Gasteiger partial charge in [-0.25, -0.2) is 0 Å². The molecular formula is C13H24BP. The summed E-state index contributed by atoms with van der Waals surface area (Å²) in [6.07, 6.45) is 15.5. The zero-order valence-corrected chi connectivity index (χ0v) is 11.4. The van der Waals surface area contributed by atoms with Gasteiger partial charge in [-0.15, -0.1) is 6.42 Å². The minimum absolute atomic E-state index is 0.306. The van der Waals surface area contributed by atoms with Gasteiger partial charge in [0.1, 0.15) is 0 Å². The Bertz CT molecular complexity index is 250. The first-order valence-electron chi connectivity index (χ1n) is 5.92. The van der Waals surface area contributed by atoms with Crippen LogP contribution in [0.25, 0.3) is 0 Å². The van der Waals surface area contributed by atoms with Crippen molar-refractivity contribution in [3.05, 3.63) is 0 Å². The zero-order chi connectivity index (χ0) is 11.9. The second-order valence-corrected chi connectivity index (χ2v) is 8.22. The number of rotatable bonds is 7. The van der Waals surface area contributed by atoms with Crippen molar-refractivity contribution >= 4 is 21.0 Å². The molecule has 0 nitrogen and oxygen atoms in total. The third kappa shape index (κ3) is 6.16. The maximum atomic E-state index is 5.83. The first-order valence-corrected chi connectivity index (χ1v) is 8.26. The predicted octanol–water partition coefficient (Wildman–Crippen LogP) is 3.83. The van der Waals surface area contributed by atoms with Gasteiger partial charge in [-0.3, -0.25) is 0 Å². The maximum Gasteiger partial charge on any atom is 0.0695 e. The summed E-state index contributed by atoms with van der Waals surface area (Å²) in [7, 11) is 5.83. The van der Waals surface area contributed by atoms with Crippen molar-refractivity contribution in [3.63, 3.8) is 0 Å². The van der Waals surface area contributed by atoms with Crippen molar-refractivity contribution in [2.75, 3.05) is 12.3 Å². The van der Waals surface area contributed by atoms with E-state index in [9.17, 15) is 0 Å². The highest BCUT2D eigenvalue weighted by Crippen LogP contribution is 2.44. The van der Waals surface area contributed by atoms with E-state index >= 15 is 0 Å². The molecule has 0 fully saturated rings. The highest BCUT2D eigenvalue weighted by Gasteiger charge is 2.13. The fraction of sp³-hybridized carbons (Fsp3) is 0.769. The Morgan fingerprint density at radius 3 is 2.40 bits per heavy atom. The van der Waals surface area contributed by atoms with Gasteiger partial charge in [-0.1, -0.05) is 51.4 Å². The summed E-state index contributed by atoms with van der Waals surface area (Å²) >= 11 is 0. The zero-order valence-electron chi connectivity index (χ0n) is 10.5. The molecule has 2 heteroatoms. The molecule has 0 aliphatic heterocycles. The second kappa shape index (κ2) is 7.24. The fourth-order valence-electron chi connectivity index (χ4n) is 1.76. The van der Waals surface area contributed by atoms with Crippen molar-refractivity contribution < 1.29 is 0 Å². The van der Waals surface area contributed by atoms with Gasteiger partial charge >= 0.3 is 0 Å². The highest BCUT2D eigenvalue weighted by atomic mass is 31.2. The first kappa shape index (κ1) is 14.9. The average Bonchev–Trinajstić information content (AvgIpc) is 2.23. The van der Waals surface area contributed by atoms with Crippen LogP contribution in [0.1, 0.15) is 40.0 Å². The van der Waals surface area contributed by atoms with Crippen molar-refractivity contribution in [1.29, 1.82) is 0 Å². The molecule has 15 heavy (non-hydrogen) atoms. The normalized spacial score (nSPS) is 18.8. The summed E-state index contributed by atoms with van der Waals surface area (Å²) in [6, 6.07) is 0. The molecule has 0 rings (SSSR count). The Hall–Kier alpha value is -0.0751. The van der Waals surface area contributed by atoms with Crippen LogP contribution in [0, 0.1) is 18.0 Å². The standard InChI is InChI=1S/C13H24BP/c1-6-13(11-12(4)14)9-10-15(5,7-2)8-3/h2,12-13H,5-6,8-11H2,1,3-4H3. The lowest BCUT2D eigenvalue weighted by molar-refractivity contribution is 0.453. The SMILES string of the molecule is [B]C(C)CC(CC)CCP(=C)(C#C)CC. The molecular weight excluding hydrogens is 198 g/mol. The molecule has 0 aliphatic carbocycles. The van der Waals surface area contributed by atoms with Gasteiger partial charge in [0.25, 0.3) is 0 Å². The molecule has 0 saturated heterocycles. The van der Waals surface area contributed by atoms with Crippen LogP contribution < -0.4 is 0 Å². The van der Waals surface area contributed by atoms with Crippen LogP contribution in [0.15, 0.2) is 0 Å². The molecule has 0 spiro atoms. The van der Waals surface area contributed by atoms with Crippen LogP contribution in [0.3, 0.4) is 0 Å². The van der Waals surface area contributed by atoms with E-state index in [1.54, 1.807) is 0 Å². The van der Waals surface area contributed by atoms with Gasteiger partial charge in [0.05, 0.1) is 7.85 Å². The van der Waals surface area contributed by atoms with E-state index in [-0.39, 0.29) is 0 Å². The minimum atomic E-state index is -1.30. The Morgan fingerprint density at radius 2 is 2.07 bits per heavy atom. The molecule has 2 radical (unpaired) electrons. The Balaban J connectivity index is 4.12. The van der Waals surface area contributed by atoms with Gasteiger partial charge < -0.3 is 0 Å². The molecule has 0 N–H and O–H groups in total. The molecule has 0 amide bonds. The van der Waals surface area contributed by atoms with Crippen LogP contribution >= 0.6 is 6.89 Å². The van der Waals surface area contributed by atoms with Crippen molar-refractivity contribution in [3.8, 4) is 12.1 Å². The summed E-state index contributed by atoms with van der Waals surface area (Å²) in [4.78, 5) is 0. The van der Waals surface area contributed by atoms with E-state index in [4.69, 9.17) is 14.3 Å². The van der Waals surface area contributed by atoms with E-state index in [1.165, 1.54) is 12.8 Å².